The number of ether oxygens (including phenoxy) is 3. The maximum Gasteiger partial charge on any atom is 0.126 e. The smallest absolute Gasteiger partial charge is 0.126 e. The van der Waals surface area contributed by atoms with Crippen LogP contribution in [-0.2, 0) is 11.3 Å². The van der Waals surface area contributed by atoms with Gasteiger partial charge in [0, 0.05) is 11.1 Å². The van der Waals surface area contributed by atoms with Crippen molar-refractivity contribution in [2.75, 3.05) is 14.2 Å². The number of fused-ring (bicyclic) bond motifs is 1. The van der Waals surface area contributed by atoms with Gasteiger partial charge in [-0.1, -0.05) is 0 Å². The summed E-state index contributed by atoms with van der Waals surface area (Å²) in [5, 5.41) is 0. The Balaban J connectivity index is 2.60. The van der Waals surface area contributed by atoms with Crippen LogP contribution in [0.2, 0.25) is 0 Å². The summed E-state index contributed by atoms with van der Waals surface area (Å²) < 4.78 is 16.1. The molecule has 0 spiro atoms. The summed E-state index contributed by atoms with van der Waals surface area (Å²) in [6, 6.07) is 3.81. The summed E-state index contributed by atoms with van der Waals surface area (Å²) in [5.74, 6) is 2.59. The monoisotopic (exact) mass is 206 g/mol. The molecule has 3 nitrogen and oxygen atoms in total. The molecule has 0 fully saturated rings. The van der Waals surface area contributed by atoms with Crippen LogP contribution in [0.15, 0.2) is 17.9 Å². The molecule has 1 aliphatic rings. The van der Waals surface area contributed by atoms with Gasteiger partial charge in [-0.05, 0) is 25.1 Å². The van der Waals surface area contributed by atoms with Gasteiger partial charge in [0.1, 0.15) is 18.1 Å². The highest BCUT2D eigenvalue weighted by molar-refractivity contribution is 5.66. The van der Waals surface area contributed by atoms with Crippen LogP contribution in [0.3, 0.4) is 0 Å². The zero-order chi connectivity index (χ0) is 10.8. The largest absolute Gasteiger partial charge is 0.496 e. The minimum atomic E-state index is 0.540. The Hall–Kier alpha value is -1.64. The van der Waals surface area contributed by atoms with Gasteiger partial charge in [0.2, 0.25) is 0 Å². The van der Waals surface area contributed by atoms with E-state index in [0.717, 1.165) is 28.4 Å². The lowest BCUT2D eigenvalue weighted by atomic mass is 10.0. The summed E-state index contributed by atoms with van der Waals surface area (Å²) >= 11 is 0. The summed E-state index contributed by atoms with van der Waals surface area (Å²) in [7, 11) is 3.33. The molecular formula is C12H14O3. The second-order valence-corrected chi connectivity index (χ2v) is 3.41. The lowest BCUT2D eigenvalue weighted by molar-refractivity contribution is 0.194. The van der Waals surface area contributed by atoms with E-state index in [9.17, 15) is 0 Å². The van der Waals surface area contributed by atoms with E-state index in [1.54, 1.807) is 14.2 Å². The fourth-order valence-electron chi connectivity index (χ4n) is 1.73. The van der Waals surface area contributed by atoms with Gasteiger partial charge < -0.3 is 14.2 Å². The van der Waals surface area contributed by atoms with E-state index in [4.69, 9.17) is 14.2 Å². The van der Waals surface area contributed by atoms with Crippen LogP contribution in [0.25, 0.3) is 6.08 Å². The Labute approximate surface area is 89.3 Å². The predicted octanol–water partition coefficient (Wildman–Crippen LogP) is 2.59. The number of benzene rings is 1. The standard InChI is InChI=1S/C12H14O3/c1-8-6-9-10(7-15-8)12(14-3)5-4-11(9)13-2/h4-6H,7H2,1-3H3. The van der Waals surface area contributed by atoms with Gasteiger partial charge in [-0.25, -0.2) is 0 Å². The summed E-state index contributed by atoms with van der Waals surface area (Å²) in [6.45, 7) is 2.47. The number of methoxy groups -OCH3 is 2. The zero-order valence-corrected chi connectivity index (χ0v) is 9.16. The maximum atomic E-state index is 5.47. The molecule has 1 heterocycles. The molecule has 0 amide bonds. The van der Waals surface area contributed by atoms with E-state index in [1.807, 2.05) is 25.1 Å². The van der Waals surface area contributed by atoms with Gasteiger partial charge in [-0.3, -0.25) is 0 Å². The van der Waals surface area contributed by atoms with Crippen molar-refractivity contribution in [2.24, 2.45) is 0 Å². The Morgan fingerprint density at radius 1 is 1.13 bits per heavy atom. The third-order valence-electron chi connectivity index (χ3n) is 2.51. The molecule has 2 rings (SSSR count). The minimum Gasteiger partial charge on any atom is -0.496 e. The van der Waals surface area contributed by atoms with Crippen LogP contribution >= 0.6 is 0 Å². The molecule has 0 radical (unpaired) electrons. The quantitative estimate of drug-likeness (QED) is 0.744. The van der Waals surface area contributed by atoms with Crippen molar-refractivity contribution in [2.45, 2.75) is 13.5 Å². The first kappa shape index (κ1) is 9.90. The first-order valence-corrected chi connectivity index (χ1v) is 4.81. The highest BCUT2D eigenvalue weighted by Crippen LogP contribution is 2.35. The fraction of sp³-hybridized carbons (Fsp3) is 0.333. The molecular weight excluding hydrogens is 192 g/mol. The second kappa shape index (κ2) is 3.85. The van der Waals surface area contributed by atoms with E-state index in [2.05, 4.69) is 0 Å². The second-order valence-electron chi connectivity index (χ2n) is 3.41. The molecule has 0 saturated carbocycles. The molecule has 0 aliphatic carbocycles. The van der Waals surface area contributed by atoms with Gasteiger partial charge in [-0.15, -0.1) is 0 Å². The molecule has 3 heteroatoms. The molecule has 1 aliphatic heterocycles. The van der Waals surface area contributed by atoms with E-state index < -0.39 is 0 Å². The number of allylic oxidation sites excluding steroid dienone is 1. The normalized spacial score (nSPS) is 13.7. The SMILES string of the molecule is COc1ccc(OC)c2c1C=C(C)OC2. The highest BCUT2D eigenvalue weighted by atomic mass is 16.5. The molecule has 0 atom stereocenters. The van der Waals surface area contributed by atoms with Crippen LogP contribution in [-0.4, -0.2) is 14.2 Å². The van der Waals surface area contributed by atoms with E-state index >= 15 is 0 Å². The van der Waals surface area contributed by atoms with Gasteiger partial charge in [0.15, 0.2) is 0 Å². The minimum absolute atomic E-state index is 0.540. The maximum absolute atomic E-state index is 5.47. The van der Waals surface area contributed by atoms with Crippen molar-refractivity contribution in [1.29, 1.82) is 0 Å². The third-order valence-corrected chi connectivity index (χ3v) is 2.51. The third kappa shape index (κ3) is 1.65. The van der Waals surface area contributed by atoms with E-state index in [-0.39, 0.29) is 0 Å². The van der Waals surface area contributed by atoms with Gasteiger partial charge in [0.25, 0.3) is 0 Å². The van der Waals surface area contributed by atoms with E-state index in [0.29, 0.717) is 6.61 Å². The summed E-state index contributed by atoms with van der Waals surface area (Å²) in [5.41, 5.74) is 2.10. The first-order valence-electron chi connectivity index (χ1n) is 4.81. The van der Waals surface area contributed by atoms with E-state index in [1.165, 1.54) is 0 Å². The van der Waals surface area contributed by atoms with Crippen molar-refractivity contribution >= 4 is 6.08 Å². The molecule has 15 heavy (non-hydrogen) atoms. The summed E-state index contributed by atoms with van der Waals surface area (Å²) in [6.07, 6.45) is 1.97. The Bertz CT molecular complexity index is 408. The summed E-state index contributed by atoms with van der Waals surface area (Å²) in [4.78, 5) is 0. The molecule has 1 aromatic carbocycles. The number of rotatable bonds is 2. The molecule has 0 N–H and O–H groups in total. The molecule has 0 aromatic heterocycles. The fourth-order valence-corrected chi connectivity index (χ4v) is 1.73. The van der Waals surface area contributed by atoms with Crippen LogP contribution < -0.4 is 9.47 Å². The molecule has 1 aromatic rings. The zero-order valence-electron chi connectivity index (χ0n) is 9.16. The Morgan fingerprint density at radius 2 is 1.80 bits per heavy atom. The lowest BCUT2D eigenvalue weighted by Gasteiger charge is -2.20. The Kier molecular flexibility index (Phi) is 2.54. The van der Waals surface area contributed by atoms with Gasteiger partial charge in [-0.2, -0.15) is 0 Å². The average Bonchev–Trinajstić information content (AvgIpc) is 2.27. The highest BCUT2D eigenvalue weighted by Gasteiger charge is 2.17. The van der Waals surface area contributed by atoms with Gasteiger partial charge in [0.05, 0.1) is 20.0 Å². The molecule has 0 bridgehead atoms. The number of hydrogen-bond acceptors (Lipinski definition) is 3. The van der Waals surface area contributed by atoms with Crippen LogP contribution in [0, 0.1) is 0 Å². The van der Waals surface area contributed by atoms with Crippen molar-refractivity contribution in [3.05, 3.63) is 29.0 Å². The van der Waals surface area contributed by atoms with Crippen molar-refractivity contribution < 1.29 is 14.2 Å². The first-order chi connectivity index (χ1) is 7.26. The molecule has 80 valence electrons. The lowest BCUT2D eigenvalue weighted by Crippen LogP contribution is -2.05. The van der Waals surface area contributed by atoms with Crippen LogP contribution in [0.4, 0.5) is 0 Å². The predicted molar refractivity (Wildman–Crippen MR) is 58.0 cm³/mol. The Morgan fingerprint density at radius 3 is 2.47 bits per heavy atom. The van der Waals surface area contributed by atoms with Crippen molar-refractivity contribution in [1.82, 2.24) is 0 Å². The van der Waals surface area contributed by atoms with Crippen LogP contribution in [0.1, 0.15) is 18.1 Å². The number of hydrogen-bond donors (Lipinski definition) is 0. The average molecular weight is 206 g/mol. The van der Waals surface area contributed by atoms with Gasteiger partial charge >= 0.3 is 0 Å². The van der Waals surface area contributed by atoms with Crippen molar-refractivity contribution in [3.8, 4) is 11.5 Å². The van der Waals surface area contributed by atoms with Crippen LogP contribution in [0.5, 0.6) is 11.5 Å². The molecule has 0 saturated heterocycles. The van der Waals surface area contributed by atoms with Crippen molar-refractivity contribution in [3.63, 3.8) is 0 Å². The topological polar surface area (TPSA) is 27.7 Å². The molecule has 0 unspecified atom stereocenters.